The van der Waals surface area contributed by atoms with E-state index in [4.69, 9.17) is 18.5 Å². The van der Waals surface area contributed by atoms with E-state index >= 15 is 0 Å². The predicted molar refractivity (Wildman–Crippen MR) is 242 cm³/mol. The number of phosphoric ester groups is 1. The Balaban J connectivity index is 2.62. The topological polar surface area (TPSA) is 250 Å². The first-order chi connectivity index (χ1) is 30.2. The number of aliphatic hydroxyl groups is 7. The van der Waals surface area contributed by atoms with Crippen LogP contribution in [0.3, 0.4) is 0 Å². The Bertz CT molecular complexity index is 1460. The molecule has 0 aromatic rings. The highest BCUT2D eigenvalue weighted by atomic mass is 31.2. The molecule has 0 bridgehead atoms. The maximum Gasteiger partial charge on any atom is 0.472 e. The molecule has 10 atom stereocenters. The summed E-state index contributed by atoms with van der Waals surface area (Å²) in [5, 5.41) is 70.3. The van der Waals surface area contributed by atoms with Crippen LogP contribution in [-0.4, -0.2) is 121 Å². The van der Waals surface area contributed by atoms with Crippen molar-refractivity contribution in [2.45, 2.75) is 184 Å². The SMILES string of the molecule is CCCCC/C=C\C/C=C\C/C=C\CCCCC(=O)O[C@H](COC(=O)CCC[C@@H](O)/C=C/C=C\C/C=C\C=C\[C@@H](O)CCCCC)COP(=O)(O)OC1[C@H](O)[C@H](O)C(O)[C@H](O)[C@H]1O. The van der Waals surface area contributed by atoms with Crippen LogP contribution in [0.5, 0.6) is 0 Å². The maximum absolute atomic E-state index is 12.8. The molecule has 3 unspecified atom stereocenters. The fourth-order valence-corrected chi connectivity index (χ4v) is 7.13. The molecule has 0 aromatic carbocycles. The predicted octanol–water partition coefficient (Wildman–Crippen LogP) is 6.44. The third kappa shape index (κ3) is 29.2. The van der Waals surface area contributed by atoms with Gasteiger partial charge in [-0.15, -0.1) is 0 Å². The first kappa shape index (κ1) is 58.0. The first-order valence-electron chi connectivity index (χ1n) is 22.6. The van der Waals surface area contributed by atoms with Gasteiger partial charge in [-0.2, -0.15) is 0 Å². The lowest BCUT2D eigenvalue weighted by Crippen LogP contribution is -2.64. The fraction of sp³-hybridized carbons (Fsp3) is 0.660. The minimum absolute atomic E-state index is 0.00642. The average Bonchev–Trinajstić information content (AvgIpc) is 3.25. The molecule has 15 nitrogen and oxygen atoms in total. The van der Waals surface area contributed by atoms with E-state index < -0.39 is 87.9 Å². The second kappa shape index (κ2) is 36.2. The van der Waals surface area contributed by atoms with E-state index in [-0.39, 0.29) is 25.7 Å². The second-order valence-electron chi connectivity index (χ2n) is 15.6. The van der Waals surface area contributed by atoms with Gasteiger partial charge in [0.15, 0.2) is 6.10 Å². The van der Waals surface area contributed by atoms with E-state index in [0.717, 1.165) is 51.4 Å². The molecule has 1 aliphatic carbocycles. The molecule has 0 radical (unpaired) electrons. The lowest BCUT2D eigenvalue weighted by atomic mass is 9.85. The number of unbranched alkanes of at least 4 members (excludes halogenated alkanes) is 7. The summed E-state index contributed by atoms with van der Waals surface area (Å²) in [4.78, 5) is 35.7. The minimum atomic E-state index is -5.19. The van der Waals surface area contributed by atoms with E-state index in [1.807, 2.05) is 36.5 Å². The lowest BCUT2D eigenvalue weighted by Gasteiger charge is -2.41. The molecule has 0 aliphatic heterocycles. The summed E-state index contributed by atoms with van der Waals surface area (Å²) in [6.45, 7) is 2.92. The Morgan fingerprint density at radius 2 is 1.05 bits per heavy atom. The number of rotatable bonds is 35. The second-order valence-corrected chi connectivity index (χ2v) is 17.0. The molecule has 0 spiro atoms. The summed E-state index contributed by atoms with van der Waals surface area (Å²) in [6, 6.07) is 0. The van der Waals surface area contributed by atoms with Crippen molar-refractivity contribution >= 4 is 19.8 Å². The van der Waals surface area contributed by atoms with Crippen molar-refractivity contribution in [2.75, 3.05) is 13.2 Å². The highest BCUT2D eigenvalue weighted by Crippen LogP contribution is 2.47. The Kier molecular flexibility index (Phi) is 33.3. The van der Waals surface area contributed by atoms with Gasteiger partial charge < -0.3 is 50.1 Å². The van der Waals surface area contributed by atoms with Crippen LogP contribution in [0.25, 0.3) is 0 Å². The molecule has 1 aliphatic rings. The molecule has 0 amide bonds. The summed E-state index contributed by atoms with van der Waals surface area (Å²) in [7, 11) is -5.19. The molecule has 1 rings (SSSR count). The van der Waals surface area contributed by atoms with Crippen LogP contribution >= 0.6 is 7.82 Å². The van der Waals surface area contributed by atoms with Gasteiger partial charge in [0.05, 0.1) is 18.8 Å². The number of phosphoric acid groups is 1. The normalized spacial score (nSPS) is 23.5. The van der Waals surface area contributed by atoms with Crippen molar-refractivity contribution in [2.24, 2.45) is 0 Å². The van der Waals surface area contributed by atoms with Crippen LogP contribution in [0, 0.1) is 0 Å². The lowest BCUT2D eigenvalue weighted by molar-refractivity contribution is -0.220. The monoisotopic (exact) mass is 913 g/mol. The zero-order chi connectivity index (χ0) is 46.7. The molecular weight excluding hydrogens is 835 g/mol. The van der Waals surface area contributed by atoms with E-state index in [2.05, 4.69) is 38.2 Å². The highest BCUT2D eigenvalue weighted by Gasteiger charge is 2.51. The van der Waals surface area contributed by atoms with Gasteiger partial charge in [-0.1, -0.05) is 131 Å². The van der Waals surface area contributed by atoms with Crippen molar-refractivity contribution in [1.82, 2.24) is 0 Å². The molecular formula is C47H77O15P. The Morgan fingerprint density at radius 3 is 1.62 bits per heavy atom. The quantitative estimate of drug-likeness (QED) is 0.0112. The van der Waals surface area contributed by atoms with Gasteiger partial charge in [0.25, 0.3) is 0 Å². The number of hydrogen-bond acceptors (Lipinski definition) is 14. The molecule has 1 saturated carbocycles. The van der Waals surface area contributed by atoms with E-state index in [1.54, 1.807) is 24.3 Å². The largest absolute Gasteiger partial charge is 0.472 e. The molecule has 360 valence electrons. The number of carbonyl (C=O) groups is 2. The molecule has 0 saturated heterocycles. The smallest absolute Gasteiger partial charge is 0.462 e. The van der Waals surface area contributed by atoms with Crippen LogP contribution < -0.4 is 0 Å². The highest BCUT2D eigenvalue weighted by molar-refractivity contribution is 7.47. The zero-order valence-electron chi connectivity index (χ0n) is 37.3. The number of allylic oxidation sites excluding steroid dienone is 12. The van der Waals surface area contributed by atoms with Crippen molar-refractivity contribution in [3.63, 3.8) is 0 Å². The Labute approximate surface area is 374 Å². The zero-order valence-corrected chi connectivity index (χ0v) is 38.2. The molecule has 16 heteroatoms. The van der Waals surface area contributed by atoms with Gasteiger partial charge in [0, 0.05) is 12.8 Å². The minimum Gasteiger partial charge on any atom is -0.462 e. The van der Waals surface area contributed by atoms with Gasteiger partial charge in [0.1, 0.15) is 43.2 Å². The number of aliphatic hydroxyl groups excluding tert-OH is 7. The Hall–Kier alpha value is -3.05. The standard InChI is InChI=1S/C47H77O15P/c1-3-5-7-8-9-10-11-12-13-14-15-16-20-23-27-33-41(51)61-39(36-60-63(57,58)62-47-45(55)43(53)42(52)44(54)46(47)56)35-59-40(50)34-28-32-38(49)31-26-22-19-17-18-21-25-30-37(48)29-24-6-4-2/h9-10,12-13,15-16,18-19,21-22,25-26,30-31,37-39,42-49,52-56H,3-8,11,14,17,20,23-24,27-29,32-36H2,1-2H3,(H,57,58)/b10-9-,13-12-,16-15-,21-18-,22-19-,30-25+,31-26+/t37-,38-,39+,42?,43-,44+,45+,46+,47?/m0/s1. The molecule has 8 N–H and O–H groups in total. The van der Waals surface area contributed by atoms with Gasteiger partial charge in [-0.3, -0.25) is 18.6 Å². The average molecular weight is 913 g/mol. The van der Waals surface area contributed by atoms with Gasteiger partial charge in [-0.25, -0.2) is 4.57 Å². The summed E-state index contributed by atoms with van der Waals surface area (Å²) >= 11 is 0. The summed E-state index contributed by atoms with van der Waals surface area (Å²) in [6.07, 6.45) is 25.6. The van der Waals surface area contributed by atoms with Crippen molar-refractivity contribution in [1.29, 1.82) is 0 Å². The van der Waals surface area contributed by atoms with E-state index in [9.17, 15) is 54.8 Å². The van der Waals surface area contributed by atoms with Gasteiger partial charge in [0.2, 0.25) is 0 Å². The summed E-state index contributed by atoms with van der Waals surface area (Å²) < 4.78 is 33.3. The van der Waals surface area contributed by atoms with Crippen LogP contribution in [0.2, 0.25) is 0 Å². The van der Waals surface area contributed by atoms with Crippen molar-refractivity contribution in [3.8, 4) is 0 Å². The third-order valence-electron chi connectivity index (χ3n) is 9.92. The van der Waals surface area contributed by atoms with Crippen LogP contribution in [0.1, 0.15) is 129 Å². The summed E-state index contributed by atoms with van der Waals surface area (Å²) in [5.41, 5.74) is 0. The molecule has 1 fully saturated rings. The third-order valence-corrected chi connectivity index (χ3v) is 10.9. The first-order valence-corrected chi connectivity index (χ1v) is 24.1. The fourth-order valence-electron chi connectivity index (χ4n) is 6.15. The van der Waals surface area contributed by atoms with Crippen LogP contribution in [0.4, 0.5) is 0 Å². The van der Waals surface area contributed by atoms with Crippen LogP contribution in [-0.2, 0) is 32.7 Å². The number of carbonyl (C=O) groups excluding carboxylic acids is 2. The van der Waals surface area contributed by atoms with E-state index in [1.165, 1.54) is 19.3 Å². The maximum atomic E-state index is 12.8. The van der Waals surface area contributed by atoms with Gasteiger partial charge in [-0.05, 0) is 70.6 Å². The van der Waals surface area contributed by atoms with Crippen LogP contribution in [0.15, 0.2) is 85.1 Å². The number of esters is 2. The van der Waals surface area contributed by atoms with Gasteiger partial charge >= 0.3 is 19.8 Å². The molecule has 0 aromatic heterocycles. The number of hydrogen-bond donors (Lipinski definition) is 8. The van der Waals surface area contributed by atoms with Crippen molar-refractivity contribution < 1.29 is 73.3 Å². The summed E-state index contributed by atoms with van der Waals surface area (Å²) in [5.74, 6) is -1.38. The Morgan fingerprint density at radius 1 is 0.571 bits per heavy atom. The number of ether oxygens (including phenoxy) is 2. The molecule has 63 heavy (non-hydrogen) atoms. The molecule has 0 heterocycles. The van der Waals surface area contributed by atoms with Crippen molar-refractivity contribution in [3.05, 3.63) is 85.1 Å². The van der Waals surface area contributed by atoms with E-state index in [0.29, 0.717) is 19.3 Å².